The highest BCUT2D eigenvalue weighted by molar-refractivity contribution is 5.78. The normalized spacial score (nSPS) is 18.5. The average molecular weight is 431 g/mol. The standard InChI is InChI=1S/C24H25N5O3/c30-19-6-4-17(5-7-19)18-10-12-28(13-11-18)24-27-26-23(21-8-9-22(32)25-21)29(24)15-16-2-1-3-20(31)14-16/h1-7,10,14,21,30-31H,8-9,11-13,15H2,(H,25,32). The van der Waals surface area contributed by atoms with Gasteiger partial charge >= 0.3 is 0 Å². The third-order valence-electron chi connectivity index (χ3n) is 6.05. The number of hydrogen-bond donors (Lipinski definition) is 3. The van der Waals surface area contributed by atoms with E-state index in [1.54, 1.807) is 24.3 Å². The third-order valence-corrected chi connectivity index (χ3v) is 6.05. The predicted octanol–water partition coefficient (Wildman–Crippen LogP) is 2.98. The van der Waals surface area contributed by atoms with Crippen molar-refractivity contribution in [3.05, 3.63) is 71.6 Å². The summed E-state index contributed by atoms with van der Waals surface area (Å²) in [4.78, 5) is 14.0. The molecule has 0 aliphatic carbocycles. The van der Waals surface area contributed by atoms with Gasteiger partial charge in [0.15, 0.2) is 5.82 Å². The summed E-state index contributed by atoms with van der Waals surface area (Å²) in [5.74, 6) is 2.00. The molecule has 5 rings (SSSR count). The zero-order valence-electron chi connectivity index (χ0n) is 17.6. The first-order valence-corrected chi connectivity index (χ1v) is 10.8. The Morgan fingerprint density at radius 1 is 1.03 bits per heavy atom. The number of aromatic hydroxyl groups is 2. The molecule has 1 fully saturated rings. The smallest absolute Gasteiger partial charge is 0.227 e. The Kier molecular flexibility index (Phi) is 5.26. The van der Waals surface area contributed by atoms with Gasteiger partial charge in [-0.25, -0.2) is 0 Å². The monoisotopic (exact) mass is 431 g/mol. The first-order valence-electron chi connectivity index (χ1n) is 10.8. The van der Waals surface area contributed by atoms with E-state index in [1.165, 1.54) is 5.57 Å². The Balaban J connectivity index is 1.44. The summed E-state index contributed by atoms with van der Waals surface area (Å²) in [6.45, 7) is 1.97. The summed E-state index contributed by atoms with van der Waals surface area (Å²) in [5.41, 5.74) is 3.29. The Morgan fingerprint density at radius 3 is 2.56 bits per heavy atom. The minimum atomic E-state index is -0.158. The van der Waals surface area contributed by atoms with Crippen molar-refractivity contribution < 1.29 is 15.0 Å². The number of rotatable bonds is 5. The fourth-order valence-electron chi connectivity index (χ4n) is 4.38. The van der Waals surface area contributed by atoms with Gasteiger partial charge in [0.25, 0.3) is 0 Å². The van der Waals surface area contributed by atoms with Crippen LogP contribution in [0.25, 0.3) is 5.57 Å². The van der Waals surface area contributed by atoms with Crippen LogP contribution in [0.5, 0.6) is 11.5 Å². The number of benzene rings is 2. The predicted molar refractivity (Wildman–Crippen MR) is 120 cm³/mol. The molecule has 1 amide bonds. The van der Waals surface area contributed by atoms with Gasteiger partial charge in [0.05, 0.1) is 12.6 Å². The molecule has 3 heterocycles. The van der Waals surface area contributed by atoms with E-state index in [-0.39, 0.29) is 23.4 Å². The average Bonchev–Trinajstić information content (AvgIpc) is 3.40. The van der Waals surface area contributed by atoms with Gasteiger partial charge in [0, 0.05) is 19.5 Å². The molecule has 2 aliphatic rings. The third kappa shape index (κ3) is 4.03. The van der Waals surface area contributed by atoms with Gasteiger partial charge in [0.2, 0.25) is 11.9 Å². The van der Waals surface area contributed by atoms with Crippen molar-refractivity contribution >= 4 is 17.4 Å². The lowest BCUT2D eigenvalue weighted by molar-refractivity contribution is -0.119. The minimum absolute atomic E-state index is 0.0305. The number of nitrogens with one attached hydrogen (secondary N) is 1. The van der Waals surface area contributed by atoms with Gasteiger partial charge in [0.1, 0.15) is 11.5 Å². The van der Waals surface area contributed by atoms with Crippen LogP contribution in [-0.2, 0) is 11.3 Å². The van der Waals surface area contributed by atoms with E-state index in [2.05, 4.69) is 26.5 Å². The number of hydrogen-bond acceptors (Lipinski definition) is 6. The van der Waals surface area contributed by atoms with Gasteiger partial charge < -0.3 is 20.4 Å². The van der Waals surface area contributed by atoms with Crippen LogP contribution in [0.15, 0.2) is 54.6 Å². The lowest BCUT2D eigenvalue weighted by atomic mass is 9.99. The SMILES string of the molecule is O=C1CCC(c2nnc(N3CC=C(c4ccc(O)cc4)CC3)n2Cc2cccc(O)c2)N1. The number of carbonyl (C=O) groups excluding carboxylic acids is 1. The summed E-state index contributed by atoms with van der Waals surface area (Å²) in [5, 5.41) is 31.4. The molecule has 3 N–H and O–H groups in total. The Morgan fingerprint density at radius 2 is 1.88 bits per heavy atom. The van der Waals surface area contributed by atoms with Crippen LogP contribution < -0.4 is 10.2 Å². The number of phenols is 2. The zero-order valence-corrected chi connectivity index (χ0v) is 17.6. The molecule has 2 aliphatic heterocycles. The molecule has 0 radical (unpaired) electrons. The molecule has 3 aromatic rings. The minimum Gasteiger partial charge on any atom is -0.508 e. The highest BCUT2D eigenvalue weighted by Crippen LogP contribution is 2.30. The van der Waals surface area contributed by atoms with Crippen LogP contribution >= 0.6 is 0 Å². The lowest BCUT2D eigenvalue weighted by Crippen LogP contribution is -2.31. The van der Waals surface area contributed by atoms with Crippen LogP contribution in [0.1, 0.15) is 42.3 Å². The summed E-state index contributed by atoms with van der Waals surface area (Å²) < 4.78 is 2.05. The first-order chi connectivity index (χ1) is 15.6. The molecule has 8 nitrogen and oxygen atoms in total. The van der Waals surface area contributed by atoms with Crippen molar-refractivity contribution in [2.45, 2.75) is 31.8 Å². The van der Waals surface area contributed by atoms with Crippen molar-refractivity contribution in [2.24, 2.45) is 0 Å². The van der Waals surface area contributed by atoms with Crippen molar-refractivity contribution in [2.75, 3.05) is 18.0 Å². The second-order valence-electron chi connectivity index (χ2n) is 8.25. The summed E-state index contributed by atoms with van der Waals surface area (Å²) in [7, 11) is 0. The molecule has 32 heavy (non-hydrogen) atoms. The summed E-state index contributed by atoms with van der Waals surface area (Å²) in [6.07, 6.45) is 4.21. The maximum absolute atomic E-state index is 11.8. The molecule has 1 aromatic heterocycles. The van der Waals surface area contributed by atoms with Gasteiger partial charge in [-0.1, -0.05) is 30.3 Å². The van der Waals surface area contributed by atoms with E-state index < -0.39 is 0 Å². The Hall–Kier alpha value is -3.81. The molecule has 1 atom stereocenters. The maximum atomic E-state index is 11.8. The maximum Gasteiger partial charge on any atom is 0.227 e. The largest absolute Gasteiger partial charge is 0.508 e. The highest BCUT2D eigenvalue weighted by atomic mass is 16.3. The number of phenolic OH excluding ortho intramolecular Hbond substituents is 2. The number of aromatic nitrogens is 3. The van der Waals surface area contributed by atoms with Crippen LogP contribution in [0.3, 0.4) is 0 Å². The molecule has 1 saturated heterocycles. The molecule has 164 valence electrons. The van der Waals surface area contributed by atoms with E-state index in [0.29, 0.717) is 25.9 Å². The van der Waals surface area contributed by atoms with Crippen molar-refractivity contribution in [1.29, 1.82) is 0 Å². The van der Waals surface area contributed by atoms with Gasteiger partial charge in [-0.05, 0) is 53.8 Å². The first kappa shape index (κ1) is 20.1. The van der Waals surface area contributed by atoms with E-state index in [9.17, 15) is 15.0 Å². The van der Waals surface area contributed by atoms with E-state index in [0.717, 1.165) is 35.9 Å². The van der Waals surface area contributed by atoms with Gasteiger partial charge in [-0.2, -0.15) is 0 Å². The number of carbonyl (C=O) groups is 1. The molecule has 2 aromatic carbocycles. The molecule has 0 bridgehead atoms. The second-order valence-corrected chi connectivity index (χ2v) is 8.25. The van der Waals surface area contributed by atoms with Crippen molar-refractivity contribution in [3.63, 3.8) is 0 Å². The van der Waals surface area contributed by atoms with E-state index in [1.807, 2.05) is 28.8 Å². The fourth-order valence-corrected chi connectivity index (χ4v) is 4.38. The molecular formula is C24H25N5O3. The summed E-state index contributed by atoms with van der Waals surface area (Å²) in [6, 6.07) is 14.3. The van der Waals surface area contributed by atoms with Crippen molar-refractivity contribution in [1.82, 2.24) is 20.1 Å². The Bertz CT molecular complexity index is 1170. The molecule has 1 unspecified atom stereocenters. The molecule has 0 saturated carbocycles. The summed E-state index contributed by atoms with van der Waals surface area (Å²) >= 11 is 0. The second kappa shape index (κ2) is 8.37. The zero-order chi connectivity index (χ0) is 22.1. The van der Waals surface area contributed by atoms with Gasteiger partial charge in [-0.15, -0.1) is 10.2 Å². The van der Waals surface area contributed by atoms with E-state index in [4.69, 9.17) is 0 Å². The molecule has 8 heteroatoms. The quantitative estimate of drug-likeness (QED) is 0.574. The van der Waals surface area contributed by atoms with Crippen LogP contribution in [0, 0.1) is 0 Å². The highest BCUT2D eigenvalue weighted by Gasteiger charge is 2.30. The fraction of sp³-hybridized carbons (Fsp3) is 0.292. The van der Waals surface area contributed by atoms with Crippen molar-refractivity contribution in [3.8, 4) is 11.5 Å². The molecular weight excluding hydrogens is 406 g/mol. The van der Waals surface area contributed by atoms with Crippen LogP contribution in [0.2, 0.25) is 0 Å². The molecule has 0 spiro atoms. The number of anilines is 1. The van der Waals surface area contributed by atoms with E-state index >= 15 is 0 Å². The number of nitrogens with zero attached hydrogens (tertiary/aromatic N) is 4. The van der Waals surface area contributed by atoms with Crippen LogP contribution in [0.4, 0.5) is 5.95 Å². The van der Waals surface area contributed by atoms with Crippen LogP contribution in [-0.4, -0.2) is 44.0 Å². The lowest BCUT2D eigenvalue weighted by Gasteiger charge is -2.28. The topological polar surface area (TPSA) is 104 Å². The number of amides is 1. The van der Waals surface area contributed by atoms with Gasteiger partial charge in [-0.3, -0.25) is 9.36 Å². The Labute approximate surface area is 185 Å².